The summed E-state index contributed by atoms with van der Waals surface area (Å²) in [6.45, 7) is 6.47. The lowest BCUT2D eigenvalue weighted by atomic mass is 9.54. The van der Waals surface area contributed by atoms with Gasteiger partial charge in [0.05, 0.1) is 6.10 Å². The van der Waals surface area contributed by atoms with Gasteiger partial charge in [-0.2, -0.15) is 0 Å². The summed E-state index contributed by atoms with van der Waals surface area (Å²) in [6, 6.07) is 0. The van der Waals surface area contributed by atoms with Gasteiger partial charge in [-0.1, -0.05) is 37.1 Å². The maximum absolute atomic E-state index is 12.1. The molecule has 0 spiro atoms. The molecule has 2 nitrogen and oxygen atoms in total. The van der Waals surface area contributed by atoms with E-state index in [4.69, 9.17) is 0 Å². The third-order valence-electron chi connectivity index (χ3n) is 7.37. The molecule has 0 bridgehead atoms. The van der Waals surface area contributed by atoms with Gasteiger partial charge in [-0.05, 0) is 63.0 Å². The first-order valence-corrected chi connectivity index (χ1v) is 9.19. The van der Waals surface area contributed by atoms with Gasteiger partial charge in [-0.15, -0.1) is 0 Å². The summed E-state index contributed by atoms with van der Waals surface area (Å²) in [7, 11) is 0. The van der Waals surface area contributed by atoms with Gasteiger partial charge in [-0.3, -0.25) is 4.79 Å². The van der Waals surface area contributed by atoms with Crippen molar-refractivity contribution in [3.8, 4) is 0 Å². The highest BCUT2D eigenvalue weighted by molar-refractivity contribution is 5.81. The van der Waals surface area contributed by atoms with Crippen molar-refractivity contribution in [3.63, 3.8) is 0 Å². The van der Waals surface area contributed by atoms with Crippen molar-refractivity contribution in [3.05, 3.63) is 34.4 Å². The Morgan fingerprint density at radius 1 is 1.22 bits per heavy atom. The van der Waals surface area contributed by atoms with Crippen molar-refractivity contribution in [1.82, 2.24) is 0 Å². The lowest BCUT2D eigenvalue weighted by Gasteiger charge is -2.50. The molecule has 4 aliphatic carbocycles. The minimum atomic E-state index is -0.248. The second kappa shape index (κ2) is 4.92. The summed E-state index contributed by atoms with van der Waals surface area (Å²) in [6.07, 6.45) is 11.5. The van der Waals surface area contributed by atoms with Crippen LogP contribution in [-0.2, 0) is 4.79 Å². The monoisotopic (exact) mass is 312 g/mol. The first-order valence-electron chi connectivity index (χ1n) is 9.19. The zero-order valence-electron chi connectivity index (χ0n) is 14.6. The maximum Gasteiger partial charge on any atom is 0.134 e. The number of ketones is 1. The van der Waals surface area contributed by atoms with E-state index in [1.807, 2.05) is 0 Å². The smallest absolute Gasteiger partial charge is 0.134 e. The molecule has 0 aromatic rings. The van der Waals surface area contributed by atoms with E-state index in [9.17, 15) is 9.90 Å². The Balaban J connectivity index is 1.79. The Kier molecular flexibility index (Phi) is 3.29. The summed E-state index contributed by atoms with van der Waals surface area (Å²) in [5, 5.41) is 10.0. The van der Waals surface area contributed by atoms with Crippen molar-refractivity contribution < 1.29 is 9.90 Å². The quantitative estimate of drug-likeness (QED) is 0.724. The number of carbonyl (C=O) groups excluding carboxylic acids is 1. The molecule has 0 aromatic heterocycles. The Bertz CT molecular complexity index is 665. The van der Waals surface area contributed by atoms with Crippen LogP contribution >= 0.6 is 0 Å². The van der Waals surface area contributed by atoms with E-state index in [1.54, 1.807) is 18.1 Å². The molecule has 0 amide bonds. The van der Waals surface area contributed by atoms with Gasteiger partial charge in [0.2, 0.25) is 0 Å². The molecule has 0 aromatic carbocycles. The lowest BCUT2D eigenvalue weighted by Crippen LogP contribution is -2.39. The zero-order valence-corrected chi connectivity index (χ0v) is 14.6. The van der Waals surface area contributed by atoms with Gasteiger partial charge >= 0.3 is 0 Å². The number of aliphatic hydroxyl groups excluding tert-OH is 1. The number of aliphatic hydroxyl groups is 1. The fraction of sp³-hybridized carbons (Fsp3) is 0.667. The van der Waals surface area contributed by atoms with Crippen LogP contribution in [0.3, 0.4) is 0 Å². The zero-order chi connectivity index (χ0) is 16.4. The predicted octanol–water partition coefficient (Wildman–Crippen LogP) is 4.50. The number of fused-ring (bicyclic) bond motifs is 4. The third kappa shape index (κ3) is 2.00. The SMILES string of the molecule is CC(=O)[C@H]1CC=C2C3=C(CC[C@@]21C)[C@@]1(C)CCC(O)C=C1CC3. The van der Waals surface area contributed by atoms with Gasteiger partial charge in [0.1, 0.15) is 5.78 Å². The highest BCUT2D eigenvalue weighted by Gasteiger charge is 2.51. The standard InChI is InChI=1S/C21H28O2/c1-13(22)17-6-7-18-16-5-4-14-12-15(23)8-10-20(14,2)19(16)9-11-21(17,18)3/h7,12,15,17,23H,4-6,8-11H2,1-3H3/t15?,17-,20+,21-/m1/s1. The van der Waals surface area contributed by atoms with Crippen molar-refractivity contribution in [2.45, 2.75) is 71.8 Å². The van der Waals surface area contributed by atoms with Crippen molar-refractivity contribution in [2.75, 3.05) is 0 Å². The molecule has 1 unspecified atom stereocenters. The maximum atomic E-state index is 12.1. The normalized spacial score (nSPS) is 42.4. The molecule has 2 heteroatoms. The number of hydrogen-bond donors (Lipinski definition) is 1. The lowest BCUT2D eigenvalue weighted by molar-refractivity contribution is -0.123. The van der Waals surface area contributed by atoms with E-state index in [0.717, 1.165) is 44.9 Å². The van der Waals surface area contributed by atoms with Gasteiger partial charge in [0, 0.05) is 16.7 Å². The summed E-state index contributed by atoms with van der Waals surface area (Å²) in [5.74, 6) is 0.538. The fourth-order valence-electron chi connectivity index (χ4n) is 5.96. The molecular weight excluding hydrogens is 284 g/mol. The second-order valence-electron chi connectivity index (χ2n) is 8.52. The fourth-order valence-corrected chi connectivity index (χ4v) is 5.96. The van der Waals surface area contributed by atoms with Gasteiger partial charge < -0.3 is 5.11 Å². The molecule has 0 fully saturated rings. The predicted molar refractivity (Wildman–Crippen MR) is 91.9 cm³/mol. The van der Waals surface area contributed by atoms with Crippen molar-refractivity contribution in [2.24, 2.45) is 16.7 Å². The Hall–Kier alpha value is -1.15. The molecule has 1 N–H and O–H groups in total. The van der Waals surface area contributed by atoms with Crippen LogP contribution in [0.5, 0.6) is 0 Å². The molecule has 124 valence electrons. The van der Waals surface area contributed by atoms with Crippen molar-refractivity contribution >= 4 is 5.78 Å². The van der Waals surface area contributed by atoms with Crippen LogP contribution in [0.2, 0.25) is 0 Å². The molecule has 0 radical (unpaired) electrons. The molecule has 0 saturated heterocycles. The average Bonchev–Trinajstić information content (AvgIpc) is 2.85. The van der Waals surface area contributed by atoms with Gasteiger partial charge in [-0.25, -0.2) is 0 Å². The van der Waals surface area contributed by atoms with Crippen LogP contribution in [0.25, 0.3) is 0 Å². The number of hydrogen-bond acceptors (Lipinski definition) is 2. The third-order valence-corrected chi connectivity index (χ3v) is 7.37. The first-order chi connectivity index (χ1) is 10.9. The van der Waals surface area contributed by atoms with Gasteiger partial charge in [0.15, 0.2) is 0 Å². The Morgan fingerprint density at radius 3 is 2.74 bits per heavy atom. The van der Waals surface area contributed by atoms with E-state index in [2.05, 4.69) is 26.0 Å². The van der Waals surface area contributed by atoms with Gasteiger partial charge in [0.25, 0.3) is 0 Å². The Labute approximate surface area is 139 Å². The van der Waals surface area contributed by atoms with E-state index in [1.165, 1.54) is 11.1 Å². The minimum Gasteiger partial charge on any atom is -0.389 e. The number of carbonyl (C=O) groups is 1. The van der Waals surface area contributed by atoms with Crippen LogP contribution < -0.4 is 0 Å². The largest absolute Gasteiger partial charge is 0.389 e. The number of allylic oxidation sites excluding steroid dienone is 5. The second-order valence-corrected chi connectivity index (χ2v) is 8.52. The highest BCUT2D eigenvalue weighted by Crippen LogP contribution is 2.62. The van der Waals surface area contributed by atoms with Crippen molar-refractivity contribution in [1.29, 1.82) is 0 Å². The minimum absolute atomic E-state index is 0.0659. The van der Waals surface area contributed by atoms with Crippen LogP contribution in [0.15, 0.2) is 34.4 Å². The van der Waals surface area contributed by atoms with Crippen LogP contribution in [0, 0.1) is 16.7 Å². The molecule has 0 heterocycles. The van der Waals surface area contributed by atoms with Crippen LogP contribution in [0.4, 0.5) is 0 Å². The molecule has 4 atom stereocenters. The van der Waals surface area contributed by atoms with E-state index in [-0.39, 0.29) is 22.9 Å². The molecule has 0 aliphatic heterocycles. The van der Waals surface area contributed by atoms with E-state index < -0.39 is 0 Å². The molecule has 0 saturated carbocycles. The summed E-state index contributed by atoms with van der Waals surface area (Å²) >= 11 is 0. The topological polar surface area (TPSA) is 37.3 Å². The molecular formula is C21H28O2. The molecule has 4 aliphatic rings. The summed E-state index contributed by atoms with van der Waals surface area (Å²) in [4.78, 5) is 12.1. The Morgan fingerprint density at radius 2 is 2.00 bits per heavy atom. The van der Waals surface area contributed by atoms with Crippen LogP contribution in [-0.4, -0.2) is 17.0 Å². The van der Waals surface area contributed by atoms with E-state index >= 15 is 0 Å². The molecule has 23 heavy (non-hydrogen) atoms. The molecule has 4 rings (SSSR count). The summed E-state index contributed by atoms with van der Waals surface area (Å²) in [5.41, 5.74) is 6.36. The number of Topliss-reactive ketones (excluding diaryl/α,β-unsaturated/α-hetero) is 1. The number of rotatable bonds is 1. The first kappa shape index (κ1) is 15.4. The van der Waals surface area contributed by atoms with Crippen LogP contribution in [0.1, 0.15) is 65.7 Å². The summed E-state index contributed by atoms with van der Waals surface area (Å²) < 4.78 is 0. The highest BCUT2D eigenvalue weighted by atomic mass is 16.3. The average molecular weight is 312 g/mol. The van der Waals surface area contributed by atoms with E-state index in [0.29, 0.717) is 5.78 Å².